The lowest BCUT2D eigenvalue weighted by Crippen LogP contribution is -1.78. The van der Waals surface area contributed by atoms with Crippen molar-refractivity contribution in [1.29, 1.82) is 0 Å². The van der Waals surface area contributed by atoms with E-state index in [0.29, 0.717) is 5.56 Å². The fourth-order valence-corrected chi connectivity index (χ4v) is 1.38. The van der Waals surface area contributed by atoms with Gasteiger partial charge in [0.2, 0.25) is 0 Å². The number of benzene rings is 2. The molecule has 0 unspecified atom stereocenters. The summed E-state index contributed by atoms with van der Waals surface area (Å²) in [6, 6.07) is 14.4. The zero-order chi connectivity index (χ0) is 9.97. The van der Waals surface area contributed by atoms with Crippen molar-refractivity contribution in [1.82, 2.24) is 0 Å². The molecule has 0 saturated carbocycles. The minimum absolute atomic E-state index is 0. The van der Waals surface area contributed by atoms with Gasteiger partial charge >= 0.3 is 0 Å². The van der Waals surface area contributed by atoms with Gasteiger partial charge in [-0.3, -0.25) is 0 Å². The van der Waals surface area contributed by atoms with Crippen LogP contribution in [0.2, 0.25) is 0 Å². The van der Waals surface area contributed by atoms with E-state index in [4.69, 9.17) is 0 Å². The summed E-state index contributed by atoms with van der Waals surface area (Å²) in [6.07, 6.45) is 0. The molecule has 15 heavy (non-hydrogen) atoms. The number of phenolic OH excluding ortho intramolecular Hbond substituents is 2. The number of hydrogen-bond donors (Lipinski definition) is 2. The molecule has 0 heterocycles. The van der Waals surface area contributed by atoms with Crippen LogP contribution >= 0.6 is 0 Å². The first-order chi connectivity index (χ1) is 6.79. The van der Waals surface area contributed by atoms with Crippen LogP contribution in [0.25, 0.3) is 11.1 Å². The topological polar surface area (TPSA) is 40.5 Å². The third-order valence-corrected chi connectivity index (χ3v) is 2.10. The normalized spacial score (nSPS) is 9.33. The molecule has 2 aromatic rings. The molecule has 0 amide bonds. The second-order valence-corrected chi connectivity index (χ2v) is 3.04. The third-order valence-electron chi connectivity index (χ3n) is 2.10. The Morgan fingerprint density at radius 2 is 1.40 bits per heavy atom. The molecule has 0 atom stereocenters. The first-order valence-corrected chi connectivity index (χ1v) is 4.35. The van der Waals surface area contributed by atoms with Crippen molar-refractivity contribution in [2.75, 3.05) is 0 Å². The van der Waals surface area contributed by atoms with Crippen LogP contribution in [-0.4, -0.2) is 10.2 Å². The van der Waals surface area contributed by atoms with Gasteiger partial charge in [0.15, 0.2) is 11.5 Å². The molecule has 0 radical (unpaired) electrons. The minimum atomic E-state index is -0.0913. The molecular formula is C13H14O2. The van der Waals surface area contributed by atoms with Gasteiger partial charge < -0.3 is 10.2 Å². The summed E-state index contributed by atoms with van der Waals surface area (Å²) in [7, 11) is 0. The summed E-state index contributed by atoms with van der Waals surface area (Å²) in [4.78, 5) is 0. The molecule has 0 aliphatic rings. The van der Waals surface area contributed by atoms with Crippen LogP contribution in [0.15, 0.2) is 48.5 Å². The first-order valence-electron chi connectivity index (χ1n) is 4.35. The highest BCUT2D eigenvalue weighted by molar-refractivity contribution is 5.72. The maximum absolute atomic E-state index is 9.60. The van der Waals surface area contributed by atoms with Crippen LogP contribution < -0.4 is 0 Å². The number of rotatable bonds is 1. The van der Waals surface area contributed by atoms with E-state index >= 15 is 0 Å². The Morgan fingerprint density at radius 3 is 2.07 bits per heavy atom. The van der Waals surface area contributed by atoms with E-state index in [9.17, 15) is 10.2 Å². The van der Waals surface area contributed by atoms with Crippen LogP contribution in [0.5, 0.6) is 11.5 Å². The predicted octanol–water partition coefficient (Wildman–Crippen LogP) is 3.40. The van der Waals surface area contributed by atoms with Gasteiger partial charge in [0.1, 0.15) is 0 Å². The molecule has 2 nitrogen and oxygen atoms in total. The fourth-order valence-electron chi connectivity index (χ4n) is 1.38. The van der Waals surface area contributed by atoms with E-state index in [1.807, 2.05) is 30.3 Å². The van der Waals surface area contributed by atoms with Crippen molar-refractivity contribution < 1.29 is 10.2 Å². The molecule has 0 aromatic heterocycles. The third kappa shape index (κ3) is 2.10. The molecular weight excluding hydrogens is 188 g/mol. The lowest BCUT2D eigenvalue weighted by atomic mass is 10.0. The van der Waals surface area contributed by atoms with E-state index in [-0.39, 0.29) is 18.9 Å². The van der Waals surface area contributed by atoms with Crippen LogP contribution in [0, 0.1) is 0 Å². The summed E-state index contributed by atoms with van der Waals surface area (Å²) < 4.78 is 0. The van der Waals surface area contributed by atoms with Gasteiger partial charge in [0.05, 0.1) is 0 Å². The summed E-state index contributed by atoms with van der Waals surface area (Å²) in [5, 5.41) is 18.9. The number of aromatic hydroxyl groups is 2. The Balaban J connectivity index is 0.00000112. The van der Waals surface area contributed by atoms with Gasteiger partial charge in [-0.25, -0.2) is 0 Å². The average Bonchev–Trinajstić information content (AvgIpc) is 2.23. The van der Waals surface area contributed by atoms with E-state index in [2.05, 4.69) is 0 Å². The number of hydrogen-bond acceptors (Lipinski definition) is 2. The lowest BCUT2D eigenvalue weighted by Gasteiger charge is -2.05. The van der Waals surface area contributed by atoms with E-state index in [1.165, 1.54) is 6.07 Å². The Hall–Kier alpha value is -1.96. The van der Waals surface area contributed by atoms with E-state index in [1.54, 1.807) is 12.1 Å². The summed E-state index contributed by atoms with van der Waals surface area (Å²) in [6.45, 7) is 0. The summed E-state index contributed by atoms with van der Waals surface area (Å²) in [5.74, 6) is -0.162. The molecule has 2 N–H and O–H groups in total. The van der Waals surface area contributed by atoms with Crippen molar-refractivity contribution in [2.45, 2.75) is 7.43 Å². The molecule has 0 saturated heterocycles. The van der Waals surface area contributed by atoms with Crippen molar-refractivity contribution in [3.8, 4) is 22.6 Å². The highest BCUT2D eigenvalue weighted by Gasteiger charge is 2.06. The second-order valence-electron chi connectivity index (χ2n) is 3.04. The van der Waals surface area contributed by atoms with Gasteiger partial charge in [-0.05, 0) is 11.6 Å². The average molecular weight is 202 g/mol. The van der Waals surface area contributed by atoms with Crippen LogP contribution in [-0.2, 0) is 0 Å². The Labute approximate surface area is 89.4 Å². The molecule has 2 aromatic carbocycles. The van der Waals surface area contributed by atoms with Crippen molar-refractivity contribution in [2.24, 2.45) is 0 Å². The maximum Gasteiger partial charge on any atom is 0.165 e. The Morgan fingerprint density at radius 1 is 0.733 bits per heavy atom. The van der Waals surface area contributed by atoms with Crippen LogP contribution in [0.3, 0.4) is 0 Å². The quantitative estimate of drug-likeness (QED) is 0.696. The SMILES string of the molecule is C.Oc1cccc(-c2ccccc2)c1O. The fraction of sp³-hybridized carbons (Fsp3) is 0.0769. The monoisotopic (exact) mass is 202 g/mol. The van der Waals surface area contributed by atoms with Crippen LogP contribution in [0.1, 0.15) is 7.43 Å². The highest BCUT2D eigenvalue weighted by atomic mass is 16.3. The second kappa shape index (κ2) is 4.51. The van der Waals surface area contributed by atoms with Crippen molar-refractivity contribution in [3.05, 3.63) is 48.5 Å². The first kappa shape index (κ1) is 11.1. The van der Waals surface area contributed by atoms with E-state index in [0.717, 1.165) is 5.56 Å². The molecule has 0 aliphatic carbocycles. The highest BCUT2D eigenvalue weighted by Crippen LogP contribution is 2.35. The zero-order valence-corrected chi connectivity index (χ0v) is 7.51. The smallest absolute Gasteiger partial charge is 0.165 e. The molecule has 0 bridgehead atoms. The summed E-state index contributed by atoms with van der Waals surface area (Å²) >= 11 is 0. The molecule has 2 heteroatoms. The van der Waals surface area contributed by atoms with Crippen molar-refractivity contribution >= 4 is 0 Å². The van der Waals surface area contributed by atoms with Crippen molar-refractivity contribution in [3.63, 3.8) is 0 Å². The molecule has 2 rings (SSSR count). The van der Waals surface area contributed by atoms with Gasteiger partial charge in [0.25, 0.3) is 0 Å². The molecule has 0 fully saturated rings. The standard InChI is InChI=1S/C12H10O2.CH4/c13-11-8-4-7-10(12(11)14)9-5-2-1-3-6-9;/h1-8,13-14H;1H4. The minimum Gasteiger partial charge on any atom is -0.504 e. The van der Waals surface area contributed by atoms with Gasteiger partial charge in [-0.15, -0.1) is 0 Å². The van der Waals surface area contributed by atoms with Gasteiger partial charge in [-0.2, -0.15) is 0 Å². The molecule has 78 valence electrons. The number of phenols is 2. The van der Waals surface area contributed by atoms with Gasteiger partial charge in [0, 0.05) is 5.56 Å². The lowest BCUT2D eigenvalue weighted by molar-refractivity contribution is 0.405. The van der Waals surface area contributed by atoms with Crippen LogP contribution in [0.4, 0.5) is 0 Å². The Bertz CT molecular complexity index is 436. The summed E-state index contributed by atoms with van der Waals surface area (Å²) in [5.41, 5.74) is 1.53. The Kier molecular flexibility index (Phi) is 3.34. The zero-order valence-electron chi connectivity index (χ0n) is 7.51. The van der Waals surface area contributed by atoms with E-state index < -0.39 is 0 Å². The van der Waals surface area contributed by atoms with Gasteiger partial charge in [-0.1, -0.05) is 49.9 Å². The largest absolute Gasteiger partial charge is 0.504 e. The molecule has 0 aliphatic heterocycles. The molecule has 0 spiro atoms. The number of para-hydroxylation sites is 1. The maximum atomic E-state index is 9.60. The predicted molar refractivity (Wildman–Crippen MR) is 61.9 cm³/mol.